The second-order valence-corrected chi connectivity index (χ2v) is 10.5. The summed E-state index contributed by atoms with van der Waals surface area (Å²) in [6, 6.07) is 13.5. The Labute approximate surface area is 218 Å². The number of aromatic amines is 1. The third-order valence-corrected chi connectivity index (χ3v) is 6.73. The second-order valence-electron chi connectivity index (χ2n) is 10.5. The highest BCUT2D eigenvalue weighted by Gasteiger charge is 2.25. The molecule has 1 saturated heterocycles. The Hall–Kier alpha value is -4.24. The maximum atomic E-state index is 13.6. The van der Waals surface area contributed by atoms with Gasteiger partial charge in [-0.3, -0.25) is 15.1 Å². The van der Waals surface area contributed by atoms with Crippen LogP contribution in [0, 0.1) is 0 Å². The minimum Gasteiger partial charge on any atom is -0.444 e. The number of aromatic nitrogens is 4. The summed E-state index contributed by atoms with van der Waals surface area (Å²) in [5.41, 5.74) is 2.62. The zero-order valence-corrected chi connectivity index (χ0v) is 21.6. The van der Waals surface area contributed by atoms with Gasteiger partial charge in [0.2, 0.25) is 0 Å². The number of amides is 1. The molecule has 1 fully saturated rings. The molecule has 0 bridgehead atoms. The van der Waals surface area contributed by atoms with Gasteiger partial charge >= 0.3 is 6.09 Å². The molecule has 0 aliphatic carbocycles. The molecule has 1 unspecified atom stereocenters. The van der Waals surface area contributed by atoms with Gasteiger partial charge < -0.3 is 14.5 Å². The van der Waals surface area contributed by atoms with Gasteiger partial charge in [-0.1, -0.05) is 12.1 Å². The maximum absolute atomic E-state index is 13.6. The molecule has 3 aromatic heterocycles. The Morgan fingerprint density at radius 1 is 1.11 bits per heavy atom. The van der Waals surface area contributed by atoms with Crippen molar-refractivity contribution in [2.45, 2.75) is 51.9 Å². The average Bonchev–Trinajstić information content (AvgIpc) is 3.33. The number of ether oxygens (including phenoxy) is 2. The highest BCUT2D eigenvalue weighted by atomic mass is 16.6. The van der Waals surface area contributed by atoms with Gasteiger partial charge in [-0.2, -0.15) is 5.10 Å². The molecule has 5 aromatic rings. The predicted molar refractivity (Wildman–Crippen MR) is 147 cm³/mol. The fourth-order valence-corrected chi connectivity index (χ4v) is 5.16. The van der Waals surface area contributed by atoms with Gasteiger partial charge in [0, 0.05) is 34.5 Å². The van der Waals surface area contributed by atoms with Gasteiger partial charge in [-0.15, -0.1) is 0 Å². The molecule has 1 amide bonds. The molecule has 0 spiro atoms. The van der Waals surface area contributed by atoms with Gasteiger partial charge in [0.1, 0.15) is 11.3 Å². The Bertz CT molecular complexity index is 1740. The van der Waals surface area contributed by atoms with Gasteiger partial charge in [0.25, 0.3) is 5.56 Å². The minimum atomic E-state index is -0.725. The first kappa shape index (κ1) is 24.1. The number of benzene rings is 2. The van der Waals surface area contributed by atoms with Crippen LogP contribution in [0.4, 0.5) is 10.5 Å². The molecule has 1 atom stereocenters. The van der Waals surface area contributed by atoms with E-state index in [1.54, 1.807) is 33.2 Å². The van der Waals surface area contributed by atoms with Crippen LogP contribution in [0.25, 0.3) is 43.8 Å². The highest BCUT2D eigenvalue weighted by Crippen LogP contribution is 2.39. The number of carbonyl (C=O) groups is 1. The average molecular weight is 512 g/mol. The summed E-state index contributed by atoms with van der Waals surface area (Å²) < 4.78 is 13.4. The van der Waals surface area contributed by atoms with Crippen LogP contribution in [0.1, 0.15) is 46.3 Å². The van der Waals surface area contributed by atoms with Crippen LogP contribution in [-0.2, 0) is 9.47 Å². The molecule has 4 heterocycles. The molecule has 2 aromatic carbocycles. The van der Waals surface area contributed by atoms with E-state index in [9.17, 15) is 9.59 Å². The number of anilines is 1. The lowest BCUT2D eigenvalue weighted by Crippen LogP contribution is -2.29. The summed E-state index contributed by atoms with van der Waals surface area (Å²) in [5.74, 6) is 0. The van der Waals surface area contributed by atoms with Gasteiger partial charge in [-0.05, 0) is 75.9 Å². The molecular weight excluding hydrogens is 482 g/mol. The van der Waals surface area contributed by atoms with E-state index in [2.05, 4.69) is 20.4 Å². The molecule has 9 heteroatoms. The minimum absolute atomic E-state index is 0.115. The molecule has 2 N–H and O–H groups in total. The molecule has 1 aliphatic heterocycles. The summed E-state index contributed by atoms with van der Waals surface area (Å²) in [4.78, 5) is 33.8. The number of nitrogens with zero attached hydrogens (tertiary/aromatic N) is 3. The fraction of sp³-hybridized carbons (Fsp3) is 0.310. The van der Waals surface area contributed by atoms with E-state index in [4.69, 9.17) is 9.47 Å². The lowest BCUT2D eigenvalue weighted by molar-refractivity contribution is -0.0366. The number of fused-ring (bicyclic) bond motifs is 4. The number of hydrogen-bond acceptors (Lipinski definition) is 6. The molecule has 1 aliphatic rings. The van der Waals surface area contributed by atoms with Crippen molar-refractivity contribution < 1.29 is 14.3 Å². The van der Waals surface area contributed by atoms with Crippen molar-refractivity contribution in [1.82, 2.24) is 19.7 Å². The molecule has 38 heavy (non-hydrogen) atoms. The zero-order valence-electron chi connectivity index (χ0n) is 21.6. The van der Waals surface area contributed by atoms with Crippen molar-refractivity contribution >= 4 is 44.5 Å². The van der Waals surface area contributed by atoms with E-state index in [-0.39, 0.29) is 11.9 Å². The van der Waals surface area contributed by atoms with Crippen LogP contribution in [0.3, 0.4) is 0 Å². The molecular formula is C29H29N5O4. The van der Waals surface area contributed by atoms with E-state index in [1.807, 2.05) is 47.1 Å². The van der Waals surface area contributed by atoms with Crippen LogP contribution in [-0.4, -0.2) is 38.0 Å². The first-order chi connectivity index (χ1) is 18.3. The molecule has 6 rings (SSSR count). The van der Waals surface area contributed by atoms with Gasteiger partial charge in [-0.25, -0.2) is 9.48 Å². The lowest BCUT2D eigenvalue weighted by Gasteiger charge is -2.23. The number of carbonyl (C=O) groups excluding carboxylic acids is 1. The topological polar surface area (TPSA) is 111 Å². The van der Waals surface area contributed by atoms with Gasteiger partial charge in [0.05, 0.1) is 22.7 Å². The van der Waals surface area contributed by atoms with E-state index < -0.39 is 17.3 Å². The third kappa shape index (κ3) is 4.28. The van der Waals surface area contributed by atoms with E-state index in [0.717, 1.165) is 52.0 Å². The molecule has 0 saturated carbocycles. The van der Waals surface area contributed by atoms with Crippen LogP contribution >= 0.6 is 0 Å². The van der Waals surface area contributed by atoms with Crippen LogP contribution in [0.15, 0.2) is 59.7 Å². The maximum Gasteiger partial charge on any atom is 0.412 e. The largest absolute Gasteiger partial charge is 0.444 e. The Morgan fingerprint density at radius 2 is 1.97 bits per heavy atom. The van der Waals surface area contributed by atoms with Crippen molar-refractivity contribution in [1.29, 1.82) is 0 Å². The molecule has 194 valence electrons. The van der Waals surface area contributed by atoms with Crippen molar-refractivity contribution in [3.63, 3.8) is 0 Å². The Morgan fingerprint density at radius 3 is 2.76 bits per heavy atom. The van der Waals surface area contributed by atoms with Crippen molar-refractivity contribution in [2.24, 2.45) is 0 Å². The number of H-pyrrole nitrogens is 1. The molecule has 0 radical (unpaired) electrons. The lowest BCUT2D eigenvalue weighted by atomic mass is 9.95. The summed E-state index contributed by atoms with van der Waals surface area (Å²) in [6.07, 6.45) is 5.69. The second kappa shape index (κ2) is 9.25. The number of rotatable bonds is 3. The van der Waals surface area contributed by atoms with Crippen molar-refractivity contribution in [3.05, 3.63) is 65.2 Å². The SMILES string of the molecule is CC(C)(C)OC(=O)Nc1c(-c2cccc3c2cnn3C2CCCCO2)c2ccc3ncccc3c2[nH]c1=O. The van der Waals surface area contributed by atoms with E-state index in [0.29, 0.717) is 17.7 Å². The van der Waals surface area contributed by atoms with Crippen LogP contribution in [0.2, 0.25) is 0 Å². The van der Waals surface area contributed by atoms with E-state index in [1.165, 1.54) is 0 Å². The summed E-state index contributed by atoms with van der Waals surface area (Å²) >= 11 is 0. The number of hydrogen-bond donors (Lipinski definition) is 2. The predicted octanol–water partition coefficient (Wildman–Crippen LogP) is 6.14. The molecule has 9 nitrogen and oxygen atoms in total. The van der Waals surface area contributed by atoms with Crippen molar-refractivity contribution in [2.75, 3.05) is 11.9 Å². The summed E-state index contributed by atoms with van der Waals surface area (Å²) in [7, 11) is 0. The Balaban J connectivity index is 1.61. The van der Waals surface area contributed by atoms with Crippen molar-refractivity contribution in [3.8, 4) is 11.1 Å². The normalized spacial score (nSPS) is 16.2. The first-order valence-electron chi connectivity index (χ1n) is 12.8. The third-order valence-electron chi connectivity index (χ3n) is 6.73. The quantitative estimate of drug-likeness (QED) is 0.282. The monoisotopic (exact) mass is 511 g/mol. The number of nitrogens with one attached hydrogen (secondary N) is 2. The highest BCUT2D eigenvalue weighted by molar-refractivity contribution is 6.15. The fourth-order valence-electron chi connectivity index (χ4n) is 5.16. The number of pyridine rings is 2. The van der Waals surface area contributed by atoms with Gasteiger partial charge in [0.15, 0.2) is 6.23 Å². The zero-order chi connectivity index (χ0) is 26.4. The van der Waals surface area contributed by atoms with E-state index >= 15 is 0 Å². The standard InChI is InChI=1S/C29H29N5O4/c1-29(2,3)38-28(36)33-26-24(19-12-13-21-18(9-7-14-30-21)25(19)32-27(26)35)17-8-6-10-22-20(17)16-31-34(22)23-11-4-5-15-37-23/h6-10,12-14,16,23H,4-5,11,15H2,1-3H3,(H,32,35)(H,33,36). The van der Waals surface area contributed by atoms with Crippen LogP contribution < -0.4 is 10.9 Å². The van der Waals surface area contributed by atoms with Crippen LogP contribution in [0.5, 0.6) is 0 Å². The first-order valence-corrected chi connectivity index (χ1v) is 12.8. The smallest absolute Gasteiger partial charge is 0.412 e. The summed E-state index contributed by atoms with van der Waals surface area (Å²) in [5, 5.41) is 9.85. The summed E-state index contributed by atoms with van der Waals surface area (Å²) in [6.45, 7) is 6.04. The Kier molecular flexibility index (Phi) is 5.87.